The van der Waals surface area contributed by atoms with Crippen molar-refractivity contribution in [2.75, 3.05) is 0 Å². The number of hydrogen-bond donors (Lipinski definition) is 2. The molecule has 3 heteroatoms. The predicted molar refractivity (Wildman–Crippen MR) is 32.7 cm³/mol. The lowest BCUT2D eigenvalue weighted by molar-refractivity contribution is 0.0199. The fourth-order valence-corrected chi connectivity index (χ4v) is 0.366. The third-order valence-corrected chi connectivity index (χ3v) is 1.36. The van der Waals surface area contributed by atoms with Crippen molar-refractivity contribution in [3.63, 3.8) is 0 Å². The van der Waals surface area contributed by atoms with Crippen LogP contribution in [0, 0.1) is 5.92 Å². The summed E-state index contributed by atoms with van der Waals surface area (Å²) in [4.78, 5) is 4.38. The van der Waals surface area contributed by atoms with Crippen molar-refractivity contribution in [3.8, 4) is 0 Å². The van der Waals surface area contributed by atoms with E-state index in [0.29, 0.717) is 5.92 Å². The van der Waals surface area contributed by atoms with E-state index in [0.717, 1.165) is 6.42 Å². The fraction of sp³-hybridized carbons (Fsp3) is 1.00. The van der Waals surface area contributed by atoms with Gasteiger partial charge in [-0.05, 0) is 12.3 Å². The van der Waals surface area contributed by atoms with Gasteiger partial charge in [0.05, 0.1) is 0 Å². The molecule has 0 aliphatic heterocycles. The average Bonchev–Trinajstić information content (AvgIpc) is 1.84. The second-order valence-electron chi connectivity index (χ2n) is 1.99. The summed E-state index contributed by atoms with van der Waals surface area (Å²) in [5.74, 6) is 5.17. The molecule has 0 heterocycles. The Morgan fingerprint density at radius 1 is 1.62 bits per heavy atom. The maximum atomic E-state index is 5.38. The number of rotatable bonds is 3. The molecule has 0 aromatic heterocycles. The first-order chi connectivity index (χ1) is 3.72. The van der Waals surface area contributed by atoms with E-state index in [-0.39, 0.29) is 6.23 Å². The van der Waals surface area contributed by atoms with Crippen molar-refractivity contribution in [1.29, 1.82) is 0 Å². The number of hydrogen-bond acceptors (Lipinski definition) is 3. The van der Waals surface area contributed by atoms with Crippen molar-refractivity contribution in [2.45, 2.75) is 26.5 Å². The van der Waals surface area contributed by atoms with E-state index in [9.17, 15) is 0 Å². The van der Waals surface area contributed by atoms with Crippen LogP contribution < -0.4 is 11.6 Å². The first-order valence-corrected chi connectivity index (χ1v) is 2.83. The molecular weight excluding hydrogens is 104 g/mol. The third kappa shape index (κ3) is 2.26. The lowest BCUT2D eigenvalue weighted by Gasteiger charge is -2.14. The van der Waals surface area contributed by atoms with Crippen molar-refractivity contribution in [3.05, 3.63) is 0 Å². The Morgan fingerprint density at radius 3 is 2.25 bits per heavy atom. The van der Waals surface area contributed by atoms with Crippen molar-refractivity contribution >= 4 is 0 Å². The molecule has 8 heavy (non-hydrogen) atoms. The van der Waals surface area contributed by atoms with Crippen LogP contribution in [-0.2, 0) is 4.84 Å². The molecule has 2 atom stereocenters. The standard InChI is InChI=1S/C5H14N2O/c1-3-4(2)5(6)8-7/h4-5H,3,6-7H2,1-2H3. The Balaban J connectivity index is 3.29. The second-order valence-corrected chi connectivity index (χ2v) is 1.99. The van der Waals surface area contributed by atoms with E-state index in [2.05, 4.69) is 4.84 Å². The summed E-state index contributed by atoms with van der Waals surface area (Å²) in [6, 6.07) is 0. The summed E-state index contributed by atoms with van der Waals surface area (Å²) >= 11 is 0. The van der Waals surface area contributed by atoms with Gasteiger partial charge in [0.25, 0.3) is 0 Å². The van der Waals surface area contributed by atoms with E-state index in [4.69, 9.17) is 11.6 Å². The second kappa shape index (κ2) is 3.83. The van der Waals surface area contributed by atoms with E-state index >= 15 is 0 Å². The van der Waals surface area contributed by atoms with Crippen LogP contribution in [0.5, 0.6) is 0 Å². The third-order valence-electron chi connectivity index (χ3n) is 1.36. The molecule has 0 fully saturated rings. The van der Waals surface area contributed by atoms with Gasteiger partial charge in [0.15, 0.2) is 0 Å². The maximum Gasteiger partial charge on any atom is 0.129 e. The van der Waals surface area contributed by atoms with Gasteiger partial charge >= 0.3 is 0 Å². The largest absolute Gasteiger partial charge is 0.304 e. The lowest BCUT2D eigenvalue weighted by atomic mass is 10.1. The highest BCUT2D eigenvalue weighted by molar-refractivity contribution is 4.54. The Bertz CT molecular complexity index is 50.4. The first kappa shape index (κ1) is 7.88. The van der Waals surface area contributed by atoms with Crippen LogP contribution in [0.1, 0.15) is 20.3 Å². The molecule has 0 rings (SSSR count). The maximum absolute atomic E-state index is 5.38. The van der Waals surface area contributed by atoms with Gasteiger partial charge in [-0.1, -0.05) is 13.8 Å². The summed E-state index contributed by atoms with van der Waals surface area (Å²) in [5.41, 5.74) is 5.38. The minimum atomic E-state index is -0.306. The molecule has 3 nitrogen and oxygen atoms in total. The van der Waals surface area contributed by atoms with Gasteiger partial charge in [0.1, 0.15) is 6.23 Å². The molecule has 0 amide bonds. The summed E-state index contributed by atoms with van der Waals surface area (Å²) in [6.45, 7) is 4.04. The van der Waals surface area contributed by atoms with Crippen LogP contribution in [0.25, 0.3) is 0 Å². The van der Waals surface area contributed by atoms with Crippen LogP contribution >= 0.6 is 0 Å². The van der Waals surface area contributed by atoms with Gasteiger partial charge in [0.2, 0.25) is 0 Å². The van der Waals surface area contributed by atoms with Gasteiger partial charge in [-0.3, -0.25) is 4.84 Å². The zero-order chi connectivity index (χ0) is 6.57. The van der Waals surface area contributed by atoms with E-state index in [1.165, 1.54) is 0 Å². The molecule has 0 aromatic rings. The number of nitrogens with two attached hydrogens (primary N) is 2. The van der Waals surface area contributed by atoms with E-state index < -0.39 is 0 Å². The molecule has 4 N–H and O–H groups in total. The molecule has 0 aliphatic rings. The molecule has 2 unspecified atom stereocenters. The zero-order valence-electron chi connectivity index (χ0n) is 5.42. The Kier molecular flexibility index (Phi) is 3.77. The van der Waals surface area contributed by atoms with E-state index in [1.807, 2.05) is 13.8 Å². The highest BCUT2D eigenvalue weighted by Gasteiger charge is 2.07. The molecule has 0 saturated heterocycles. The van der Waals surface area contributed by atoms with E-state index in [1.54, 1.807) is 0 Å². The van der Waals surface area contributed by atoms with Crippen LogP contribution in [-0.4, -0.2) is 6.23 Å². The average molecular weight is 118 g/mol. The normalized spacial score (nSPS) is 18.0. The monoisotopic (exact) mass is 118 g/mol. The van der Waals surface area contributed by atoms with Crippen LogP contribution in [0.15, 0.2) is 0 Å². The Hall–Kier alpha value is -0.120. The Morgan fingerprint density at radius 2 is 2.12 bits per heavy atom. The van der Waals surface area contributed by atoms with Crippen LogP contribution in [0.2, 0.25) is 0 Å². The highest BCUT2D eigenvalue weighted by Crippen LogP contribution is 2.03. The zero-order valence-corrected chi connectivity index (χ0v) is 5.42. The molecule has 0 radical (unpaired) electrons. The Labute approximate surface area is 49.9 Å². The predicted octanol–water partition coefficient (Wildman–Crippen LogP) is 0.208. The summed E-state index contributed by atoms with van der Waals surface area (Å²) in [5, 5.41) is 0. The van der Waals surface area contributed by atoms with Gasteiger partial charge in [-0.15, -0.1) is 0 Å². The van der Waals surface area contributed by atoms with Gasteiger partial charge in [-0.25, -0.2) is 5.90 Å². The molecule has 0 bridgehead atoms. The summed E-state index contributed by atoms with van der Waals surface area (Å²) in [6.07, 6.45) is 0.693. The van der Waals surface area contributed by atoms with Crippen molar-refractivity contribution in [2.24, 2.45) is 17.5 Å². The molecule has 0 aliphatic carbocycles. The quantitative estimate of drug-likeness (QED) is 0.411. The lowest BCUT2D eigenvalue weighted by Crippen LogP contribution is -2.33. The van der Waals surface area contributed by atoms with Gasteiger partial charge in [-0.2, -0.15) is 0 Å². The first-order valence-electron chi connectivity index (χ1n) is 2.83. The van der Waals surface area contributed by atoms with Gasteiger partial charge in [0, 0.05) is 0 Å². The molecule has 50 valence electrons. The fourth-order valence-electron chi connectivity index (χ4n) is 0.366. The van der Waals surface area contributed by atoms with Crippen molar-refractivity contribution in [1.82, 2.24) is 0 Å². The topological polar surface area (TPSA) is 61.3 Å². The smallest absolute Gasteiger partial charge is 0.129 e. The molecule has 0 spiro atoms. The minimum absolute atomic E-state index is 0.306. The van der Waals surface area contributed by atoms with Crippen LogP contribution in [0.4, 0.5) is 0 Å². The molecule has 0 aromatic carbocycles. The highest BCUT2D eigenvalue weighted by atomic mass is 16.6. The SMILES string of the molecule is CCC(C)C(N)ON. The van der Waals surface area contributed by atoms with Gasteiger partial charge < -0.3 is 5.73 Å². The summed E-state index contributed by atoms with van der Waals surface area (Å²) in [7, 11) is 0. The molecular formula is C5H14N2O. The summed E-state index contributed by atoms with van der Waals surface area (Å²) < 4.78 is 0. The minimum Gasteiger partial charge on any atom is -0.304 e. The molecule has 0 saturated carbocycles. The van der Waals surface area contributed by atoms with Crippen LogP contribution in [0.3, 0.4) is 0 Å². The van der Waals surface area contributed by atoms with Crippen molar-refractivity contribution < 1.29 is 4.84 Å².